The van der Waals surface area contributed by atoms with Gasteiger partial charge in [0.2, 0.25) is 0 Å². The van der Waals surface area contributed by atoms with Gasteiger partial charge in [0, 0.05) is 12.8 Å². The number of allylic oxidation sites excluding steroid dienone is 4. The molecule has 0 amide bonds. The number of ether oxygens (including phenoxy) is 2. The number of hydrogen-bond donors (Lipinski definition) is 2. The number of carbonyl (C=O) groups excluding carboxylic acids is 2. The zero-order valence-electron chi connectivity index (χ0n) is 30.2. The first-order valence-electron chi connectivity index (χ1n) is 19.5. The van der Waals surface area contributed by atoms with Gasteiger partial charge in [0.05, 0.1) is 13.2 Å². The number of unbranched alkanes of at least 4 members (excludes halogenated alkanes) is 22. The molecule has 270 valence electrons. The van der Waals surface area contributed by atoms with Crippen LogP contribution >= 0.6 is 0 Å². The largest absolute Gasteiger partial charge is 0.456 e. The van der Waals surface area contributed by atoms with Gasteiger partial charge in [0.25, 0.3) is 0 Å². The normalized spacial score (nSPS) is 13.0. The first-order chi connectivity index (χ1) is 22.6. The van der Waals surface area contributed by atoms with Gasteiger partial charge < -0.3 is 19.7 Å². The summed E-state index contributed by atoms with van der Waals surface area (Å²) in [6.07, 6.45) is 38.6. The van der Waals surface area contributed by atoms with Crippen molar-refractivity contribution in [3.63, 3.8) is 0 Å². The molecule has 0 aromatic heterocycles. The summed E-state index contributed by atoms with van der Waals surface area (Å²) >= 11 is 0. The molecule has 46 heavy (non-hydrogen) atoms. The Hall–Kier alpha value is -1.66. The molecule has 0 aromatic rings. The van der Waals surface area contributed by atoms with Crippen LogP contribution < -0.4 is 0 Å². The summed E-state index contributed by atoms with van der Waals surface area (Å²) in [5.74, 6) is -0.855. The highest BCUT2D eigenvalue weighted by atomic mass is 16.6. The highest BCUT2D eigenvalue weighted by Crippen LogP contribution is 2.14. The maximum atomic E-state index is 12.3. The van der Waals surface area contributed by atoms with Crippen LogP contribution in [0.4, 0.5) is 0 Å². The SMILES string of the molecule is CCCCCCCC/C=C\CCCCCCCC(=O)O[C@@H](CO)[C@@H](CO)OC(=O)CCCCCCC/C=C\CCCCCCCC. The van der Waals surface area contributed by atoms with Crippen molar-refractivity contribution < 1.29 is 29.3 Å². The van der Waals surface area contributed by atoms with E-state index in [1.165, 1.54) is 103 Å². The molecule has 0 aliphatic carbocycles. The molecule has 2 N–H and O–H groups in total. The van der Waals surface area contributed by atoms with Crippen LogP contribution in [0.1, 0.15) is 194 Å². The van der Waals surface area contributed by atoms with Crippen molar-refractivity contribution in [1.29, 1.82) is 0 Å². The van der Waals surface area contributed by atoms with E-state index in [-0.39, 0.29) is 12.8 Å². The van der Waals surface area contributed by atoms with Gasteiger partial charge in [-0.1, -0.05) is 141 Å². The van der Waals surface area contributed by atoms with Crippen molar-refractivity contribution >= 4 is 11.9 Å². The van der Waals surface area contributed by atoms with Crippen LogP contribution in [-0.4, -0.2) is 47.6 Å². The van der Waals surface area contributed by atoms with Crippen molar-refractivity contribution in [2.24, 2.45) is 0 Å². The number of carbonyl (C=O) groups is 2. The van der Waals surface area contributed by atoms with Crippen molar-refractivity contribution in [2.75, 3.05) is 13.2 Å². The lowest BCUT2D eigenvalue weighted by atomic mass is 10.1. The van der Waals surface area contributed by atoms with Gasteiger partial charge in [-0.2, -0.15) is 0 Å². The molecule has 6 heteroatoms. The van der Waals surface area contributed by atoms with Gasteiger partial charge in [-0.25, -0.2) is 0 Å². The zero-order chi connectivity index (χ0) is 33.8. The average Bonchev–Trinajstić information content (AvgIpc) is 3.06. The van der Waals surface area contributed by atoms with Crippen molar-refractivity contribution in [2.45, 2.75) is 206 Å². The van der Waals surface area contributed by atoms with Crippen molar-refractivity contribution in [3.05, 3.63) is 24.3 Å². The van der Waals surface area contributed by atoms with Crippen molar-refractivity contribution in [3.8, 4) is 0 Å². The second-order valence-corrected chi connectivity index (χ2v) is 13.1. The summed E-state index contributed by atoms with van der Waals surface area (Å²) in [6, 6.07) is 0. The van der Waals surface area contributed by atoms with E-state index in [4.69, 9.17) is 9.47 Å². The molecule has 2 atom stereocenters. The monoisotopic (exact) mass is 651 g/mol. The third-order valence-corrected chi connectivity index (χ3v) is 8.63. The fourth-order valence-corrected chi connectivity index (χ4v) is 5.60. The van der Waals surface area contributed by atoms with Gasteiger partial charge in [-0.05, 0) is 64.2 Å². The van der Waals surface area contributed by atoms with Crippen LogP contribution in [0.5, 0.6) is 0 Å². The summed E-state index contributed by atoms with van der Waals surface area (Å²) in [5, 5.41) is 19.4. The Labute approximate surface area is 284 Å². The number of aliphatic hydroxyl groups is 2. The standard InChI is InChI=1S/C40H74O6/c1-3-5-7-9-11-13-15-17-19-21-23-25-27-29-31-33-39(43)45-37(35-41)38(36-42)46-40(44)34-32-30-28-26-24-22-20-18-16-14-12-10-8-6-4-2/h17-20,37-38,41-42H,3-16,21-36H2,1-2H3/b19-17-,20-18-/t37-,38+. The summed E-state index contributed by atoms with van der Waals surface area (Å²) in [5.41, 5.74) is 0. The molecule has 0 aliphatic rings. The predicted molar refractivity (Wildman–Crippen MR) is 193 cm³/mol. The molecular weight excluding hydrogens is 576 g/mol. The van der Waals surface area contributed by atoms with Crippen LogP contribution in [0.2, 0.25) is 0 Å². The molecule has 0 heterocycles. The number of esters is 2. The topological polar surface area (TPSA) is 93.1 Å². The maximum absolute atomic E-state index is 12.3. The molecule has 0 saturated heterocycles. The summed E-state index contributed by atoms with van der Waals surface area (Å²) in [4.78, 5) is 24.6. The lowest BCUT2D eigenvalue weighted by molar-refractivity contribution is -0.174. The molecule has 0 spiro atoms. The Bertz CT molecular complexity index is 659. The minimum absolute atomic E-state index is 0.260. The van der Waals surface area contributed by atoms with E-state index >= 15 is 0 Å². The number of aliphatic hydroxyl groups excluding tert-OH is 2. The number of rotatable bonds is 35. The van der Waals surface area contributed by atoms with E-state index in [0.29, 0.717) is 0 Å². The van der Waals surface area contributed by atoms with Gasteiger partial charge >= 0.3 is 11.9 Å². The van der Waals surface area contributed by atoms with E-state index in [1.54, 1.807) is 0 Å². The minimum Gasteiger partial charge on any atom is -0.456 e. The van der Waals surface area contributed by atoms with Gasteiger partial charge in [0.1, 0.15) is 0 Å². The predicted octanol–water partition coefficient (Wildman–Crippen LogP) is 10.9. The Kier molecular flexibility index (Phi) is 34.9. The Morgan fingerprint density at radius 3 is 0.978 bits per heavy atom. The second-order valence-electron chi connectivity index (χ2n) is 13.1. The molecule has 0 aliphatic heterocycles. The van der Waals surface area contributed by atoms with E-state index in [1.807, 2.05) is 0 Å². The quantitative estimate of drug-likeness (QED) is 0.0403. The fraction of sp³-hybridized carbons (Fsp3) is 0.850. The lowest BCUT2D eigenvalue weighted by Gasteiger charge is -2.24. The lowest BCUT2D eigenvalue weighted by Crippen LogP contribution is -2.40. The van der Waals surface area contributed by atoms with Crippen LogP contribution in [0, 0.1) is 0 Å². The van der Waals surface area contributed by atoms with Gasteiger partial charge in [0.15, 0.2) is 12.2 Å². The minimum atomic E-state index is -1.04. The molecule has 0 rings (SSSR count). The average molecular weight is 651 g/mol. The molecule has 0 saturated carbocycles. The first-order valence-corrected chi connectivity index (χ1v) is 19.5. The van der Waals surface area contributed by atoms with E-state index in [0.717, 1.165) is 64.2 Å². The Morgan fingerprint density at radius 2 is 0.696 bits per heavy atom. The summed E-state index contributed by atoms with van der Waals surface area (Å²) < 4.78 is 10.7. The van der Waals surface area contributed by atoms with Crippen LogP contribution in [-0.2, 0) is 19.1 Å². The Balaban J connectivity index is 3.83. The van der Waals surface area contributed by atoms with Crippen LogP contribution in [0.3, 0.4) is 0 Å². The smallest absolute Gasteiger partial charge is 0.306 e. The molecule has 0 bridgehead atoms. The fourth-order valence-electron chi connectivity index (χ4n) is 5.60. The van der Waals surface area contributed by atoms with Crippen LogP contribution in [0.25, 0.3) is 0 Å². The summed E-state index contributed by atoms with van der Waals surface area (Å²) in [6.45, 7) is 3.51. The van der Waals surface area contributed by atoms with E-state index in [9.17, 15) is 19.8 Å². The molecule has 0 fully saturated rings. The highest BCUT2D eigenvalue weighted by Gasteiger charge is 2.27. The second kappa shape index (κ2) is 36.2. The first kappa shape index (κ1) is 44.3. The molecule has 0 unspecified atom stereocenters. The third kappa shape index (κ3) is 31.0. The highest BCUT2D eigenvalue weighted by molar-refractivity contribution is 5.70. The number of hydrogen-bond acceptors (Lipinski definition) is 6. The van der Waals surface area contributed by atoms with Gasteiger partial charge in [-0.3, -0.25) is 9.59 Å². The van der Waals surface area contributed by atoms with E-state index in [2.05, 4.69) is 38.2 Å². The summed E-state index contributed by atoms with van der Waals surface area (Å²) in [7, 11) is 0. The van der Waals surface area contributed by atoms with Crippen molar-refractivity contribution in [1.82, 2.24) is 0 Å². The Morgan fingerprint density at radius 1 is 0.435 bits per heavy atom. The zero-order valence-corrected chi connectivity index (χ0v) is 30.2. The maximum Gasteiger partial charge on any atom is 0.306 e. The molecule has 6 nitrogen and oxygen atoms in total. The third-order valence-electron chi connectivity index (χ3n) is 8.63. The van der Waals surface area contributed by atoms with Crippen LogP contribution in [0.15, 0.2) is 24.3 Å². The van der Waals surface area contributed by atoms with Gasteiger partial charge in [-0.15, -0.1) is 0 Å². The molecule has 0 aromatic carbocycles. The van der Waals surface area contributed by atoms with E-state index < -0.39 is 37.4 Å². The molecular formula is C40H74O6. The molecule has 0 radical (unpaired) electrons.